The lowest BCUT2D eigenvalue weighted by atomic mass is 10.0. The Morgan fingerprint density at radius 1 is 0.964 bits per heavy atom. The largest absolute Gasteiger partial charge is 0.336 e. The summed E-state index contributed by atoms with van der Waals surface area (Å²) in [4.78, 5) is 23.3. The minimum absolute atomic E-state index is 0.131. The molecule has 0 spiro atoms. The molecule has 0 radical (unpaired) electrons. The van der Waals surface area contributed by atoms with Crippen molar-refractivity contribution in [1.29, 1.82) is 0 Å². The molecule has 1 N–H and O–H groups in total. The highest BCUT2D eigenvalue weighted by Gasteiger charge is 2.15. The zero-order valence-corrected chi connectivity index (χ0v) is 16.6. The highest BCUT2D eigenvalue weighted by molar-refractivity contribution is 5.92. The summed E-state index contributed by atoms with van der Waals surface area (Å²) in [5.74, 6) is 0.309. The van der Waals surface area contributed by atoms with Gasteiger partial charge in [0, 0.05) is 25.5 Å². The minimum atomic E-state index is -0.131. The van der Waals surface area contributed by atoms with E-state index in [4.69, 9.17) is 0 Å². The molecule has 3 rings (SSSR count). The predicted molar refractivity (Wildman–Crippen MR) is 113 cm³/mol. The van der Waals surface area contributed by atoms with E-state index in [1.165, 1.54) is 11.1 Å². The molecule has 5 nitrogen and oxygen atoms in total. The van der Waals surface area contributed by atoms with Crippen LogP contribution in [0.5, 0.6) is 0 Å². The van der Waals surface area contributed by atoms with Crippen molar-refractivity contribution in [2.24, 2.45) is 0 Å². The second-order valence-electron chi connectivity index (χ2n) is 6.70. The lowest BCUT2D eigenvalue weighted by Gasteiger charge is -2.18. The van der Waals surface area contributed by atoms with E-state index in [1.54, 1.807) is 24.2 Å². The molecule has 1 heterocycles. The average molecular weight is 374 g/mol. The predicted octanol–water partition coefficient (Wildman–Crippen LogP) is 4.62. The van der Waals surface area contributed by atoms with Crippen molar-refractivity contribution in [1.82, 2.24) is 14.9 Å². The van der Waals surface area contributed by atoms with E-state index >= 15 is 0 Å². The van der Waals surface area contributed by atoms with Crippen LogP contribution in [0.4, 0.5) is 11.6 Å². The van der Waals surface area contributed by atoms with Crippen molar-refractivity contribution in [3.05, 3.63) is 83.2 Å². The fourth-order valence-electron chi connectivity index (χ4n) is 3.18. The maximum Gasteiger partial charge on any atom is 0.272 e. The molecule has 0 fully saturated rings. The van der Waals surface area contributed by atoms with E-state index in [0.717, 1.165) is 24.1 Å². The van der Waals surface area contributed by atoms with E-state index in [2.05, 4.69) is 47.3 Å². The Bertz CT molecular complexity index is 918. The molecule has 5 heteroatoms. The second-order valence-corrected chi connectivity index (χ2v) is 6.70. The number of hydrogen-bond donors (Lipinski definition) is 1. The van der Waals surface area contributed by atoms with Crippen molar-refractivity contribution in [2.45, 2.75) is 33.2 Å². The van der Waals surface area contributed by atoms with Crippen molar-refractivity contribution in [2.75, 3.05) is 12.4 Å². The van der Waals surface area contributed by atoms with Gasteiger partial charge in [-0.25, -0.2) is 9.97 Å². The lowest BCUT2D eigenvalue weighted by molar-refractivity contribution is 0.0779. The number of anilines is 2. The number of nitrogens with one attached hydrogen (secondary N) is 1. The van der Waals surface area contributed by atoms with Gasteiger partial charge >= 0.3 is 0 Å². The van der Waals surface area contributed by atoms with Gasteiger partial charge in [0.15, 0.2) is 0 Å². The third-order valence-corrected chi connectivity index (χ3v) is 4.72. The summed E-state index contributed by atoms with van der Waals surface area (Å²) >= 11 is 0. The van der Waals surface area contributed by atoms with Crippen LogP contribution in [-0.2, 0) is 19.4 Å². The number of nitrogens with zero attached hydrogens (tertiary/aromatic N) is 3. The van der Waals surface area contributed by atoms with Crippen LogP contribution in [0.15, 0.2) is 60.8 Å². The first-order valence-electron chi connectivity index (χ1n) is 9.62. The fraction of sp³-hybridized carbons (Fsp3) is 0.261. The molecule has 3 aromatic rings. The first-order valence-corrected chi connectivity index (χ1v) is 9.62. The van der Waals surface area contributed by atoms with Gasteiger partial charge < -0.3 is 10.2 Å². The van der Waals surface area contributed by atoms with Crippen molar-refractivity contribution >= 4 is 17.5 Å². The van der Waals surface area contributed by atoms with Crippen molar-refractivity contribution < 1.29 is 4.79 Å². The maximum atomic E-state index is 12.8. The number of benzene rings is 2. The van der Waals surface area contributed by atoms with Gasteiger partial charge in [0.2, 0.25) is 5.95 Å². The topological polar surface area (TPSA) is 58.1 Å². The molecule has 0 aliphatic heterocycles. The molecule has 0 bridgehead atoms. The molecule has 28 heavy (non-hydrogen) atoms. The molecule has 0 unspecified atom stereocenters. The Morgan fingerprint density at radius 3 is 2.29 bits per heavy atom. The van der Waals surface area contributed by atoms with Crippen molar-refractivity contribution in [3.63, 3.8) is 0 Å². The van der Waals surface area contributed by atoms with Crippen LogP contribution in [0.25, 0.3) is 0 Å². The first kappa shape index (κ1) is 19.5. The van der Waals surface area contributed by atoms with Crippen LogP contribution >= 0.6 is 0 Å². The Hall–Kier alpha value is -3.21. The quantitative estimate of drug-likeness (QED) is 0.656. The average Bonchev–Trinajstić information content (AvgIpc) is 2.74. The van der Waals surface area contributed by atoms with Gasteiger partial charge in [0.05, 0.1) is 0 Å². The van der Waals surface area contributed by atoms with Crippen LogP contribution in [0.1, 0.15) is 41.0 Å². The summed E-state index contributed by atoms with van der Waals surface area (Å²) in [6, 6.07) is 17.8. The second kappa shape index (κ2) is 9.13. The van der Waals surface area contributed by atoms with Crippen LogP contribution in [0.2, 0.25) is 0 Å². The summed E-state index contributed by atoms with van der Waals surface area (Å²) in [5, 5.41) is 3.33. The maximum absolute atomic E-state index is 12.8. The molecule has 0 aliphatic rings. The molecular formula is C23H26N4O. The SMILES string of the molecule is CCc1cccc(CC)c1Nc1nccc(C(=O)N(C)Cc2ccccc2)n1. The number of amides is 1. The Morgan fingerprint density at radius 2 is 1.64 bits per heavy atom. The van der Waals surface area contributed by atoms with E-state index < -0.39 is 0 Å². The van der Waals surface area contributed by atoms with Crippen LogP contribution < -0.4 is 5.32 Å². The number of aromatic nitrogens is 2. The number of hydrogen-bond acceptors (Lipinski definition) is 4. The van der Waals surface area contributed by atoms with Gasteiger partial charge in [0.1, 0.15) is 5.69 Å². The van der Waals surface area contributed by atoms with E-state index in [-0.39, 0.29) is 5.91 Å². The molecule has 0 saturated heterocycles. The van der Waals surface area contributed by atoms with Gasteiger partial charge in [-0.15, -0.1) is 0 Å². The standard InChI is InChI=1S/C23H26N4O/c1-4-18-12-9-13-19(5-2)21(18)26-23-24-15-14-20(25-23)22(28)27(3)16-17-10-7-6-8-11-17/h6-15H,4-5,16H2,1-3H3,(H,24,25,26). The molecule has 1 amide bonds. The minimum Gasteiger partial charge on any atom is -0.336 e. The van der Waals surface area contributed by atoms with Crippen LogP contribution in [-0.4, -0.2) is 27.8 Å². The third-order valence-electron chi connectivity index (χ3n) is 4.72. The van der Waals surface area contributed by atoms with E-state index in [9.17, 15) is 4.79 Å². The van der Waals surface area contributed by atoms with E-state index in [1.807, 2.05) is 30.3 Å². The number of carbonyl (C=O) groups is 1. The highest BCUT2D eigenvalue weighted by atomic mass is 16.2. The molecule has 1 aromatic heterocycles. The number of rotatable bonds is 7. The van der Waals surface area contributed by atoms with E-state index in [0.29, 0.717) is 18.2 Å². The van der Waals surface area contributed by atoms with Crippen LogP contribution in [0, 0.1) is 0 Å². The summed E-state index contributed by atoms with van der Waals surface area (Å²) in [6.45, 7) is 4.78. The Kier molecular flexibility index (Phi) is 6.37. The number of carbonyl (C=O) groups excluding carboxylic acids is 1. The summed E-state index contributed by atoms with van der Waals surface area (Å²) in [6.07, 6.45) is 3.45. The summed E-state index contributed by atoms with van der Waals surface area (Å²) in [7, 11) is 1.78. The summed E-state index contributed by atoms with van der Waals surface area (Å²) < 4.78 is 0. The third kappa shape index (κ3) is 4.55. The number of para-hydroxylation sites is 1. The Labute approximate surface area is 166 Å². The zero-order chi connectivity index (χ0) is 19.9. The molecular weight excluding hydrogens is 348 g/mol. The molecule has 0 saturated carbocycles. The van der Waals surface area contributed by atoms with Gasteiger partial charge in [-0.1, -0.05) is 62.4 Å². The van der Waals surface area contributed by atoms with Gasteiger partial charge in [-0.2, -0.15) is 0 Å². The zero-order valence-electron chi connectivity index (χ0n) is 16.6. The molecule has 2 aromatic carbocycles. The number of aryl methyl sites for hydroxylation is 2. The fourth-order valence-corrected chi connectivity index (χ4v) is 3.18. The smallest absolute Gasteiger partial charge is 0.272 e. The first-order chi connectivity index (χ1) is 13.6. The monoisotopic (exact) mass is 374 g/mol. The van der Waals surface area contributed by atoms with Gasteiger partial charge in [-0.05, 0) is 35.6 Å². The normalized spacial score (nSPS) is 10.5. The van der Waals surface area contributed by atoms with Gasteiger partial charge in [0.25, 0.3) is 5.91 Å². The van der Waals surface area contributed by atoms with Gasteiger partial charge in [-0.3, -0.25) is 4.79 Å². The molecule has 0 atom stereocenters. The lowest BCUT2D eigenvalue weighted by Crippen LogP contribution is -2.27. The Balaban J connectivity index is 1.80. The van der Waals surface area contributed by atoms with Crippen LogP contribution in [0.3, 0.4) is 0 Å². The van der Waals surface area contributed by atoms with Crippen molar-refractivity contribution in [3.8, 4) is 0 Å². The molecule has 144 valence electrons. The molecule has 0 aliphatic carbocycles. The highest BCUT2D eigenvalue weighted by Crippen LogP contribution is 2.25. The summed E-state index contributed by atoms with van der Waals surface area (Å²) in [5.41, 5.74) is 4.91.